The Bertz CT molecular complexity index is 1350. The van der Waals surface area contributed by atoms with Gasteiger partial charge in [-0.25, -0.2) is 12.8 Å². The van der Waals surface area contributed by atoms with Crippen LogP contribution in [0.5, 0.6) is 0 Å². The van der Waals surface area contributed by atoms with Gasteiger partial charge in [0.2, 0.25) is 5.91 Å². The minimum Gasteiger partial charge on any atom is -0.370 e. The lowest BCUT2D eigenvalue weighted by Crippen LogP contribution is -2.57. The molecule has 3 aliphatic rings. The first-order chi connectivity index (χ1) is 18.5. The zero-order valence-electron chi connectivity index (χ0n) is 22.5. The molecule has 0 bridgehead atoms. The summed E-state index contributed by atoms with van der Waals surface area (Å²) in [4.78, 5) is 19.4. The summed E-state index contributed by atoms with van der Waals surface area (Å²) in [7, 11) is -3.19. The van der Waals surface area contributed by atoms with Crippen LogP contribution in [0.4, 0.5) is 10.1 Å². The van der Waals surface area contributed by atoms with Crippen LogP contribution in [0.25, 0.3) is 0 Å². The van der Waals surface area contributed by atoms with Crippen molar-refractivity contribution in [2.45, 2.75) is 45.6 Å². The normalized spacial score (nSPS) is 24.2. The molecule has 2 heterocycles. The molecule has 3 atom stereocenters. The fraction of sp³-hybridized carbons (Fsp3) is 0.500. The third-order valence-electron chi connectivity index (χ3n) is 7.63. The summed E-state index contributed by atoms with van der Waals surface area (Å²) in [6, 6.07) is 7.37. The highest BCUT2D eigenvalue weighted by molar-refractivity contribution is 14.1. The average molecular weight is 668 g/mol. The molecule has 1 aromatic carbocycles. The number of nitriles is 1. The number of hydrogen-bond acceptors (Lipinski definition) is 7. The summed E-state index contributed by atoms with van der Waals surface area (Å²) in [6.45, 7) is 5.26. The minimum absolute atomic E-state index is 0.0215. The molecule has 210 valence electrons. The summed E-state index contributed by atoms with van der Waals surface area (Å²) in [5.41, 5.74) is 4.21. The summed E-state index contributed by atoms with van der Waals surface area (Å²) >= 11 is 2.12. The number of carbonyl (C=O) groups excluding carboxylic acids is 1. The monoisotopic (exact) mass is 667 g/mol. The van der Waals surface area contributed by atoms with Crippen molar-refractivity contribution in [1.82, 2.24) is 15.1 Å². The van der Waals surface area contributed by atoms with Gasteiger partial charge in [-0.2, -0.15) is 5.26 Å². The summed E-state index contributed by atoms with van der Waals surface area (Å²) in [5, 5.41) is 12.6. The molecule has 1 saturated heterocycles. The topological polar surface area (TPSA) is 96.8 Å². The second-order valence-electron chi connectivity index (χ2n) is 10.7. The van der Waals surface area contributed by atoms with E-state index >= 15 is 0 Å². The van der Waals surface area contributed by atoms with Crippen molar-refractivity contribution in [2.24, 2.45) is 5.92 Å². The molecule has 1 N–H and O–H groups in total. The molecule has 1 aromatic rings. The molecule has 1 fully saturated rings. The number of halogens is 2. The van der Waals surface area contributed by atoms with Crippen molar-refractivity contribution in [1.29, 1.82) is 5.26 Å². The SMILES string of the molecule is CC1CC(C#N)=CC=C1CN1C(CN2CC(=O)N(c3cc(I)cc(CF)c3)C[C@@H]2CCS(C)(=O)=O)=CNC1C. The second-order valence-corrected chi connectivity index (χ2v) is 14.2. The van der Waals surface area contributed by atoms with Crippen molar-refractivity contribution >= 4 is 44.0 Å². The summed E-state index contributed by atoms with van der Waals surface area (Å²) in [5.74, 6) is 0.184. The van der Waals surface area contributed by atoms with Gasteiger partial charge in [-0.3, -0.25) is 9.69 Å². The van der Waals surface area contributed by atoms with E-state index in [0.717, 1.165) is 21.3 Å². The van der Waals surface area contributed by atoms with E-state index in [1.165, 1.54) is 11.8 Å². The molecule has 0 saturated carbocycles. The van der Waals surface area contributed by atoms with Gasteiger partial charge >= 0.3 is 0 Å². The number of alkyl halides is 1. The van der Waals surface area contributed by atoms with E-state index in [-0.39, 0.29) is 36.3 Å². The third-order valence-corrected chi connectivity index (χ3v) is 9.23. The van der Waals surface area contributed by atoms with Crippen molar-refractivity contribution in [2.75, 3.05) is 43.1 Å². The van der Waals surface area contributed by atoms with E-state index < -0.39 is 16.5 Å². The Hall–Kier alpha value is -2.43. The molecule has 1 aliphatic carbocycles. The van der Waals surface area contributed by atoms with Gasteiger partial charge in [-0.05, 0) is 83.7 Å². The molecule has 4 rings (SSSR count). The molecule has 11 heteroatoms. The lowest BCUT2D eigenvalue weighted by atomic mass is 9.88. The lowest BCUT2D eigenvalue weighted by Gasteiger charge is -2.42. The zero-order valence-corrected chi connectivity index (χ0v) is 25.5. The highest BCUT2D eigenvalue weighted by atomic mass is 127. The van der Waals surface area contributed by atoms with Crippen molar-refractivity contribution in [3.8, 4) is 6.07 Å². The minimum atomic E-state index is -3.19. The Balaban J connectivity index is 1.54. The number of benzene rings is 1. The van der Waals surface area contributed by atoms with E-state index in [1.807, 2.05) is 24.4 Å². The maximum Gasteiger partial charge on any atom is 0.241 e. The number of anilines is 1. The van der Waals surface area contributed by atoms with Crippen LogP contribution in [-0.4, -0.2) is 74.5 Å². The van der Waals surface area contributed by atoms with Gasteiger partial charge in [0.25, 0.3) is 0 Å². The van der Waals surface area contributed by atoms with E-state index in [9.17, 15) is 22.9 Å². The second kappa shape index (κ2) is 12.4. The van der Waals surface area contributed by atoms with Crippen LogP contribution < -0.4 is 10.2 Å². The van der Waals surface area contributed by atoms with Gasteiger partial charge in [0, 0.05) is 58.7 Å². The largest absolute Gasteiger partial charge is 0.370 e. The van der Waals surface area contributed by atoms with Crippen LogP contribution in [0, 0.1) is 20.8 Å². The standard InChI is InChI=1S/C28H35FIN5O3S/c1-19-8-21(13-31)4-5-23(19)15-34-20(2)32-14-27(34)16-33-18-28(36)35(17-25(33)6-7-39(3,37)38)26-10-22(12-29)9-24(30)11-26/h4-5,9-11,14,19-20,25,32H,6-8,12,15-18H2,1-3H3/t19?,20?,25-/m0/s1. The molecule has 2 unspecified atom stereocenters. The average Bonchev–Trinajstić information content (AvgIpc) is 3.22. The van der Waals surface area contributed by atoms with E-state index in [2.05, 4.69) is 57.6 Å². The van der Waals surface area contributed by atoms with Gasteiger partial charge < -0.3 is 15.1 Å². The predicted molar refractivity (Wildman–Crippen MR) is 159 cm³/mol. The Labute approximate surface area is 244 Å². The molecular weight excluding hydrogens is 632 g/mol. The lowest BCUT2D eigenvalue weighted by molar-refractivity contribution is -0.122. The van der Waals surface area contributed by atoms with Gasteiger partial charge in [0.15, 0.2) is 0 Å². The van der Waals surface area contributed by atoms with Gasteiger partial charge in [0.1, 0.15) is 16.5 Å². The summed E-state index contributed by atoms with van der Waals surface area (Å²) in [6.07, 6.45) is 8.32. The van der Waals surface area contributed by atoms with Crippen LogP contribution in [0.2, 0.25) is 0 Å². The van der Waals surface area contributed by atoms with Crippen molar-refractivity contribution in [3.05, 3.63) is 62.5 Å². The van der Waals surface area contributed by atoms with Crippen molar-refractivity contribution < 1.29 is 17.6 Å². The van der Waals surface area contributed by atoms with Gasteiger partial charge in [-0.15, -0.1) is 0 Å². The van der Waals surface area contributed by atoms with E-state index in [4.69, 9.17) is 0 Å². The number of allylic oxidation sites excluding steroid dienone is 3. The zero-order chi connectivity index (χ0) is 28.3. The Kier molecular flexibility index (Phi) is 9.39. The van der Waals surface area contributed by atoms with E-state index in [0.29, 0.717) is 37.3 Å². The Morgan fingerprint density at radius 2 is 1.97 bits per heavy atom. The van der Waals surface area contributed by atoms with Gasteiger partial charge in [-0.1, -0.05) is 13.0 Å². The fourth-order valence-electron chi connectivity index (χ4n) is 5.35. The van der Waals surface area contributed by atoms with Crippen LogP contribution in [0.15, 0.2) is 53.4 Å². The van der Waals surface area contributed by atoms with Gasteiger partial charge in [0.05, 0.1) is 24.5 Å². The molecule has 2 aliphatic heterocycles. The first-order valence-corrected chi connectivity index (χ1v) is 16.2. The third kappa shape index (κ3) is 7.41. The predicted octanol–water partition coefficient (Wildman–Crippen LogP) is 3.72. The number of sulfone groups is 1. The number of carbonyl (C=O) groups is 1. The number of amides is 1. The smallest absolute Gasteiger partial charge is 0.241 e. The van der Waals surface area contributed by atoms with Crippen LogP contribution in [0.1, 0.15) is 32.3 Å². The number of piperazine rings is 1. The van der Waals surface area contributed by atoms with E-state index in [1.54, 1.807) is 17.0 Å². The molecule has 0 radical (unpaired) electrons. The first-order valence-electron chi connectivity index (χ1n) is 13.1. The number of nitrogens with one attached hydrogen (secondary N) is 1. The Morgan fingerprint density at radius 1 is 1.21 bits per heavy atom. The van der Waals surface area contributed by atoms with Crippen LogP contribution >= 0.6 is 22.6 Å². The molecule has 0 aromatic heterocycles. The van der Waals surface area contributed by atoms with Crippen LogP contribution in [-0.2, 0) is 21.3 Å². The van der Waals surface area contributed by atoms with Crippen LogP contribution in [0.3, 0.4) is 0 Å². The first kappa shape index (κ1) is 29.6. The Morgan fingerprint density at radius 3 is 2.64 bits per heavy atom. The molecular formula is C28H35FIN5O3S. The molecule has 0 spiro atoms. The maximum absolute atomic E-state index is 13.4. The highest BCUT2D eigenvalue weighted by Crippen LogP contribution is 2.30. The maximum atomic E-state index is 13.4. The number of nitrogens with zero attached hydrogens (tertiary/aromatic N) is 4. The molecule has 8 nitrogen and oxygen atoms in total. The highest BCUT2D eigenvalue weighted by Gasteiger charge is 2.36. The van der Waals surface area contributed by atoms with Crippen molar-refractivity contribution in [3.63, 3.8) is 0 Å². The fourth-order valence-corrected chi connectivity index (χ4v) is 6.77. The molecule has 39 heavy (non-hydrogen) atoms. The number of hydrogen-bond donors (Lipinski definition) is 1. The molecule has 1 amide bonds. The quantitative estimate of drug-likeness (QED) is 0.402. The summed E-state index contributed by atoms with van der Waals surface area (Å²) < 4.78 is 38.4. The number of rotatable bonds is 9.